The first kappa shape index (κ1) is 20.2. The highest BCUT2D eigenvalue weighted by molar-refractivity contribution is 5.78. The summed E-state index contributed by atoms with van der Waals surface area (Å²) >= 11 is 0. The van der Waals surface area contributed by atoms with E-state index in [4.69, 9.17) is 4.74 Å². The summed E-state index contributed by atoms with van der Waals surface area (Å²) in [4.78, 5) is 14.9. The fourth-order valence-electron chi connectivity index (χ4n) is 3.66. The smallest absolute Gasteiger partial charge is 0.223 e. The number of likely N-dealkylation sites (tertiary alicyclic amines) is 1. The minimum Gasteiger partial charge on any atom is -0.497 e. The number of nitrogens with one attached hydrogen (secondary N) is 1. The third-order valence-corrected chi connectivity index (χ3v) is 5.27. The Morgan fingerprint density at radius 3 is 2.43 bits per heavy atom. The monoisotopic (exact) mass is 378 g/mol. The van der Waals surface area contributed by atoms with Gasteiger partial charge in [-0.05, 0) is 56.1 Å². The van der Waals surface area contributed by atoms with E-state index in [1.165, 1.54) is 11.1 Å². The van der Waals surface area contributed by atoms with Gasteiger partial charge >= 0.3 is 0 Å². The van der Waals surface area contributed by atoms with Gasteiger partial charge in [-0.25, -0.2) is 0 Å². The molecule has 148 valence electrons. The number of amides is 1. The summed E-state index contributed by atoms with van der Waals surface area (Å²) < 4.78 is 5.16. The number of hydrogen-bond acceptors (Lipinski definition) is 3. The number of carbonyl (C=O) groups is 1. The Balaban J connectivity index is 1.41. The van der Waals surface area contributed by atoms with Gasteiger partial charge in [0.1, 0.15) is 5.75 Å². The molecule has 28 heavy (non-hydrogen) atoms. The molecule has 2 aromatic carbocycles. The molecule has 1 aliphatic heterocycles. The molecule has 0 aromatic heterocycles. The van der Waals surface area contributed by atoms with Crippen LogP contribution in [0, 0.1) is 5.92 Å². The Morgan fingerprint density at radius 2 is 1.79 bits per heavy atom. The van der Waals surface area contributed by atoms with Crippen molar-refractivity contribution in [1.29, 1.82) is 0 Å². The maximum absolute atomic E-state index is 12.5. The zero-order valence-corrected chi connectivity index (χ0v) is 16.9. The van der Waals surface area contributed by atoms with Crippen LogP contribution >= 0.6 is 0 Å². The van der Waals surface area contributed by atoms with Gasteiger partial charge in [-0.1, -0.05) is 54.1 Å². The first-order valence-corrected chi connectivity index (χ1v) is 9.99. The molecule has 1 heterocycles. The van der Waals surface area contributed by atoms with Gasteiger partial charge in [-0.2, -0.15) is 0 Å². The van der Waals surface area contributed by atoms with Crippen LogP contribution in [-0.2, 0) is 11.3 Å². The van der Waals surface area contributed by atoms with Crippen LogP contribution in [0.15, 0.2) is 60.2 Å². The largest absolute Gasteiger partial charge is 0.497 e. The van der Waals surface area contributed by atoms with Crippen LogP contribution in [0.1, 0.15) is 30.9 Å². The lowest BCUT2D eigenvalue weighted by Gasteiger charge is -2.31. The van der Waals surface area contributed by atoms with E-state index >= 15 is 0 Å². The van der Waals surface area contributed by atoms with E-state index in [0.29, 0.717) is 6.54 Å². The predicted molar refractivity (Wildman–Crippen MR) is 114 cm³/mol. The summed E-state index contributed by atoms with van der Waals surface area (Å²) in [6.07, 6.45) is 4.09. The Labute approximate surface area is 168 Å². The molecule has 0 unspecified atom stereocenters. The van der Waals surface area contributed by atoms with Gasteiger partial charge in [-0.15, -0.1) is 0 Å². The Morgan fingerprint density at radius 1 is 1.11 bits per heavy atom. The van der Waals surface area contributed by atoms with Crippen LogP contribution in [0.2, 0.25) is 0 Å². The van der Waals surface area contributed by atoms with Crippen molar-refractivity contribution in [2.45, 2.75) is 26.3 Å². The summed E-state index contributed by atoms with van der Waals surface area (Å²) in [5.74, 6) is 1.12. The van der Waals surface area contributed by atoms with Gasteiger partial charge in [0.2, 0.25) is 5.91 Å². The summed E-state index contributed by atoms with van der Waals surface area (Å²) in [5, 5.41) is 3.08. The second kappa shape index (κ2) is 10.1. The van der Waals surface area contributed by atoms with E-state index in [1.807, 2.05) is 30.3 Å². The van der Waals surface area contributed by atoms with Gasteiger partial charge in [-0.3, -0.25) is 9.69 Å². The molecule has 0 bridgehead atoms. The quantitative estimate of drug-likeness (QED) is 0.788. The van der Waals surface area contributed by atoms with Crippen LogP contribution in [0.25, 0.3) is 6.08 Å². The van der Waals surface area contributed by atoms with Crippen molar-refractivity contribution >= 4 is 12.0 Å². The molecule has 1 aliphatic rings. The van der Waals surface area contributed by atoms with Crippen molar-refractivity contribution in [2.75, 3.05) is 26.7 Å². The summed E-state index contributed by atoms with van der Waals surface area (Å²) in [6.45, 7) is 5.67. The lowest BCUT2D eigenvalue weighted by Crippen LogP contribution is -2.40. The molecular formula is C24H30N2O2. The van der Waals surface area contributed by atoms with E-state index in [-0.39, 0.29) is 11.8 Å². The lowest BCUT2D eigenvalue weighted by molar-refractivity contribution is -0.126. The van der Waals surface area contributed by atoms with E-state index < -0.39 is 0 Å². The third-order valence-electron chi connectivity index (χ3n) is 5.27. The lowest BCUT2D eigenvalue weighted by atomic mass is 9.95. The maximum Gasteiger partial charge on any atom is 0.223 e. The molecule has 1 N–H and O–H groups in total. The van der Waals surface area contributed by atoms with E-state index in [1.54, 1.807) is 7.11 Å². The first-order chi connectivity index (χ1) is 13.6. The van der Waals surface area contributed by atoms with E-state index in [9.17, 15) is 4.79 Å². The van der Waals surface area contributed by atoms with Crippen molar-refractivity contribution in [3.63, 3.8) is 0 Å². The minimum absolute atomic E-state index is 0.118. The molecule has 0 saturated carbocycles. The Hall–Kier alpha value is -2.59. The van der Waals surface area contributed by atoms with Crippen molar-refractivity contribution < 1.29 is 9.53 Å². The molecule has 4 nitrogen and oxygen atoms in total. The molecular weight excluding hydrogens is 348 g/mol. The highest BCUT2D eigenvalue weighted by Crippen LogP contribution is 2.19. The van der Waals surface area contributed by atoms with Crippen LogP contribution in [0.3, 0.4) is 0 Å². The molecule has 4 heteroatoms. The van der Waals surface area contributed by atoms with Gasteiger partial charge in [0, 0.05) is 19.0 Å². The number of methoxy groups -OCH3 is 1. The average molecular weight is 379 g/mol. The number of rotatable bonds is 7. The maximum atomic E-state index is 12.5. The molecule has 1 saturated heterocycles. The zero-order valence-electron chi connectivity index (χ0n) is 16.9. The number of ether oxygens (including phenoxy) is 1. The number of nitrogens with zero attached hydrogens (tertiary/aromatic N) is 1. The fourth-order valence-corrected chi connectivity index (χ4v) is 3.66. The summed E-state index contributed by atoms with van der Waals surface area (Å²) in [5.41, 5.74) is 3.69. The van der Waals surface area contributed by atoms with Gasteiger partial charge in [0.15, 0.2) is 0 Å². The van der Waals surface area contributed by atoms with Crippen LogP contribution in [0.5, 0.6) is 5.75 Å². The number of hydrogen-bond donors (Lipinski definition) is 1. The number of piperidine rings is 1. The predicted octanol–water partition coefficient (Wildman–Crippen LogP) is 4.13. The Kier molecular flexibility index (Phi) is 7.26. The molecule has 2 aromatic rings. The molecule has 0 atom stereocenters. The highest BCUT2D eigenvalue weighted by Gasteiger charge is 2.24. The van der Waals surface area contributed by atoms with Crippen LogP contribution < -0.4 is 10.1 Å². The fraction of sp³-hybridized carbons (Fsp3) is 0.375. The summed E-state index contributed by atoms with van der Waals surface area (Å²) in [7, 11) is 1.65. The van der Waals surface area contributed by atoms with Gasteiger partial charge in [0.25, 0.3) is 0 Å². The zero-order chi connectivity index (χ0) is 19.8. The topological polar surface area (TPSA) is 41.6 Å². The van der Waals surface area contributed by atoms with Crippen molar-refractivity contribution in [3.8, 4) is 5.75 Å². The third kappa shape index (κ3) is 5.96. The molecule has 0 spiro atoms. The second-order valence-corrected chi connectivity index (χ2v) is 7.52. The molecule has 0 aliphatic carbocycles. The normalized spacial score (nSPS) is 16.0. The number of benzene rings is 2. The summed E-state index contributed by atoms with van der Waals surface area (Å²) in [6, 6.07) is 18.2. The van der Waals surface area contributed by atoms with Crippen molar-refractivity contribution in [3.05, 3.63) is 71.3 Å². The molecule has 1 amide bonds. The second-order valence-electron chi connectivity index (χ2n) is 7.52. The standard InChI is InChI=1S/C24H30N2O2/c1-19(16-20-6-4-3-5-7-20)18-26-14-12-22(13-15-26)24(27)25-17-21-8-10-23(28-2)11-9-21/h3-11,16,22H,12-15,17-18H2,1-2H3,(H,25,27)/b19-16+. The average Bonchev–Trinajstić information content (AvgIpc) is 2.73. The van der Waals surface area contributed by atoms with E-state index in [0.717, 1.165) is 43.8 Å². The van der Waals surface area contributed by atoms with Crippen LogP contribution in [0.4, 0.5) is 0 Å². The van der Waals surface area contributed by atoms with Crippen molar-refractivity contribution in [2.24, 2.45) is 5.92 Å². The van der Waals surface area contributed by atoms with Gasteiger partial charge < -0.3 is 10.1 Å². The van der Waals surface area contributed by atoms with Crippen molar-refractivity contribution in [1.82, 2.24) is 10.2 Å². The minimum atomic E-state index is 0.118. The molecule has 0 radical (unpaired) electrons. The SMILES string of the molecule is COc1ccc(CNC(=O)C2CCN(C/C(C)=C/c3ccccc3)CC2)cc1. The number of carbonyl (C=O) groups excluding carboxylic acids is 1. The van der Waals surface area contributed by atoms with E-state index in [2.05, 4.69) is 47.5 Å². The molecule has 1 fully saturated rings. The Bertz CT molecular complexity index is 776. The van der Waals surface area contributed by atoms with Crippen LogP contribution in [-0.4, -0.2) is 37.6 Å². The first-order valence-electron chi connectivity index (χ1n) is 9.99. The van der Waals surface area contributed by atoms with Gasteiger partial charge in [0.05, 0.1) is 7.11 Å². The molecule has 3 rings (SSSR count). The highest BCUT2D eigenvalue weighted by atomic mass is 16.5.